The van der Waals surface area contributed by atoms with Crippen LogP contribution in [0.2, 0.25) is 0 Å². The van der Waals surface area contributed by atoms with E-state index in [0.29, 0.717) is 28.0 Å². The summed E-state index contributed by atoms with van der Waals surface area (Å²) in [6.07, 6.45) is 2.70. The maximum atomic E-state index is 12.9. The van der Waals surface area contributed by atoms with Crippen LogP contribution in [0.15, 0.2) is 55.0 Å². The Hall–Kier alpha value is -5.24. The minimum absolute atomic E-state index is 0.0304. The number of amides is 3. The van der Waals surface area contributed by atoms with Gasteiger partial charge < -0.3 is 25.7 Å². The summed E-state index contributed by atoms with van der Waals surface area (Å²) in [7, 11) is 0. The number of carbonyl (C=O) groups is 3. The Kier molecular flexibility index (Phi) is 5.98. The Morgan fingerprint density at radius 2 is 1.86 bits per heavy atom. The molecule has 2 aromatic carbocycles. The molecule has 3 amide bonds. The van der Waals surface area contributed by atoms with E-state index in [1.807, 2.05) is 6.07 Å². The molecule has 0 spiro atoms. The normalized spacial score (nSPS) is 12.1. The van der Waals surface area contributed by atoms with E-state index in [1.54, 1.807) is 36.4 Å². The van der Waals surface area contributed by atoms with E-state index in [-0.39, 0.29) is 42.8 Å². The van der Waals surface area contributed by atoms with Gasteiger partial charge in [0.25, 0.3) is 17.7 Å². The van der Waals surface area contributed by atoms with Gasteiger partial charge in [0.1, 0.15) is 17.6 Å². The van der Waals surface area contributed by atoms with Crippen LogP contribution < -0.4 is 20.7 Å². The molecule has 3 heterocycles. The first-order chi connectivity index (χ1) is 17.5. The van der Waals surface area contributed by atoms with Gasteiger partial charge in [0.05, 0.1) is 28.4 Å². The number of nitrogens with one attached hydrogen (secondary N) is 4. The number of hydrogen-bond donors (Lipinski definition) is 4. The van der Waals surface area contributed by atoms with Crippen molar-refractivity contribution in [2.45, 2.75) is 13.1 Å². The van der Waals surface area contributed by atoms with Crippen LogP contribution in [0.4, 0.5) is 5.69 Å². The molecular formula is C25H19N7O4. The second-order valence-corrected chi connectivity index (χ2v) is 7.99. The fraction of sp³-hybridized carbons (Fsp3) is 0.120. The average Bonchev–Trinajstić information content (AvgIpc) is 3.34. The molecule has 0 fully saturated rings. The number of H-pyrrole nitrogens is 1. The van der Waals surface area contributed by atoms with Crippen molar-refractivity contribution < 1.29 is 19.1 Å². The molecule has 0 aliphatic carbocycles. The van der Waals surface area contributed by atoms with Gasteiger partial charge in [-0.2, -0.15) is 5.26 Å². The van der Waals surface area contributed by atoms with Crippen molar-refractivity contribution in [2.24, 2.45) is 0 Å². The molecule has 0 bridgehead atoms. The summed E-state index contributed by atoms with van der Waals surface area (Å²) in [4.78, 5) is 48.4. The average molecular weight is 481 g/mol. The van der Waals surface area contributed by atoms with E-state index >= 15 is 0 Å². The van der Waals surface area contributed by atoms with Crippen LogP contribution in [0.1, 0.15) is 37.5 Å². The molecule has 36 heavy (non-hydrogen) atoms. The molecule has 5 rings (SSSR count). The first-order valence-electron chi connectivity index (χ1n) is 10.9. The molecule has 1 aliphatic heterocycles. The predicted octanol–water partition coefficient (Wildman–Crippen LogP) is 2.02. The van der Waals surface area contributed by atoms with Crippen molar-refractivity contribution in [2.75, 3.05) is 11.9 Å². The van der Waals surface area contributed by atoms with Crippen LogP contribution in [-0.4, -0.2) is 39.3 Å². The van der Waals surface area contributed by atoms with Crippen LogP contribution in [0.5, 0.6) is 5.75 Å². The van der Waals surface area contributed by atoms with Gasteiger partial charge in [-0.25, -0.2) is 9.97 Å². The third kappa shape index (κ3) is 4.55. The highest BCUT2D eigenvalue weighted by molar-refractivity contribution is 6.10. The Labute approximate surface area is 204 Å². The maximum absolute atomic E-state index is 12.9. The highest BCUT2D eigenvalue weighted by Crippen LogP contribution is 2.28. The third-order valence-electron chi connectivity index (χ3n) is 5.56. The highest BCUT2D eigenvalue weighted by Gasteiger charge is 2.20. The SMILES string of the molecule is N#Cc1cccc(CNC(=O)c2c[nH]c3c(C(=O)NCc4ccc5c(c4)NC(=O)CO5)ncnc23)c1. The monoisotopic (exact) mass is 481 g/mol. The number of anilines is 1. The largest absolute Gasteiger partial charge is 0.482 e. The minimum atomic E-state index is -0.456. The van der Waals surface area contributed by atoms with Crippen LogP contribution in [-0.2, 0) is 17.9 Å². The number of rotatable bonds is 6. The van der Waals surface area contributed by atoms with Gasteiger partial charge in [-0.3, -0.25) is 14.4 Å². The molecule has 11 heteroatoms. The maximum Gasteiger partial charge on any atom is 0.272 e. The van der Waals surface area contributed by atoms with E-state index in [4.69, 9.17) is 10.00 Å². The Bertz CT molecular complexity index is 1550. The Morgan fingerprint density at radius 1 is 1.06 bits per heavy atom. The van der Waals surface area contributed by atoms with E-state index < -0.39 is 5.91 Å². The van der Waals surface area contributed by atoms with Gasteiger partial charge in [0, 0.05) is 19.3 Å². The molecule has 178 valence electrons. The molecule has 1 aliphatic rings. The topological polar surface area (TPSA) is 162 Å². The lowest BCUT2D eigenvalue weighted by molar-refractivity contribution is -0.118. The van der Waals surface area contributed by atoms with E-state index in [9.17, 15) is 14.4 Å². The van der Waals surface area contributed by atoms with Gasteiger partial charge in [-0.1, -0.05) is 18.2 Å². The number of carbonyl (C=O) groups excluding carboxylic acids is 3. The lowest BCUT2D eigenvalue weighted by Gasteiger charge is -2.18. The fourth-order valence-electron chi connectivity index (χ4n) is 3.82. The second kappa shape index (κ2) is 9.55. The predicted molar refractivity (Wildman–Crippen MR) is 128 cm³/mol. The first kappa shape index (κ1) is 22.5. The quantitative estimate of drug-likeness (QED) is 0.327. The molecule has 0 saturated heterocycles. The van der Waals surface area contributed by atoms with Gasteiger partial charge in [0.15, 0.2) is 12.3 Å². The Morgan fingerprint density at radius 3 is 2.69 bits per heavy atom. The zero-order valence-electron chi connectivity index (χ0n) is 18.8. The van der Waals surface area contributed by atoms with Gasteiger partial charge in [-0.05, 0) is 35.4 Å². The van der Waals surface area contributed by atoms with Crippen molar-refractivity contribution in [3.05, 3.63) is 82.9 Å². The lowest BCUT2D eigenvalue weighted by Crippen LogP contribution is -2.26. The molecule has 0 saturated carbocycles. The molecule has 11 nitrogen and oxygen atoms in total. The van der Waals surface area contributed by atoms with Crippen molar-refractivity contribution in [3.63, 3.8) is 0 Å². The number of hydrogen-bond acceptors (Lipinski definition) is 7. The number of aromatic nitrogens is 3. The molecule has 0 atom stereocenters. The number of ether oxygens (including phenoxy) is 1. The smallest absolute Gasteiger partial charge is 0.272 e. The number of aromatic amines is 1. The van der Waals surface area contributed by atoms with Crippen LogP contribution in [0, 0.1) is 11.3 Å². The zero-order chi connectivity index (χ0) is 25.1. The first-order valence-corrected chi connectivity index (χ1v) is 10.9. The van der Waals surface area contributed by atoms with Gasteiger partial charge in [-0.15, -0.1) is 0 Å². The highest BCUT2D eigenvalue weighted by atomic mass is 16.5. The number of nitrogens with zero attached hydrogens (tertiary/aromatic N) is 3. The van der Waals surface area contributed by atoms with Crippen molar-refractivity contribution in [1.82, 2.24) is 25.6 Å². The lowest BCUT2D eigenvalue weighted by atomic mass is 10.1. The number of benzene rings is 2. The summed E-state index contributed by atoms with van der Waals surface area (Å²) in [6.45, 7) is 0.381. The summed E-state index contributed by atoms with van der Waals surface area (Å²) in [5.41, 5.74) is 3.59. The van der Waals surface area contributed by atoms with E-state index in [1.165, 1.54) is 12.5 Å². The van der Waals surface area contributed by atoms with E-state index in [0.717, 1.165) is 11.1 Å². The Balaban J connectivity index is 1.28. The summed E-state index contributed by atoms with van der Waals surface area (Å²) in [5, 5.41) is 17.3. The number of nitriles is 1. The summed E-state index contributed by atoms with van der Waals surface area (Å²) in [6, 6.07) is 14.3. The summed E-state index contributed by atoms with van der Waals surface area (Å²) < 4.78 is 5.34. The number of fused-ring (bicyclic) bond motifs is 2. The molecule has 4 aromatic rings. The second-order valence-electron chi connectivity index (χ2n) is 7.99. The van der Waals surface area contributed by atoms with Crippen molar-refractivity contribution in [1.29, 1.82) is 5.26 Å². The van der Waals surface area contributed by atoms with E-state index in [2.05, 4.69) is 37.0 Å². The summed E-state index contributed by atoms with van der Waals surface area (Å²) in [5.74, 6) is -0.513. The van der Waals surface area contributed by atoms with Gasteiger partial charge >= 0.3 is 0 Å². The molecule has 2 aromatic heterocycles. The molecule has 0 radical (unpaired) electrons. The molecule has 0 unspecified atom stereocenters. The van der Waals surface area contributed by atoms with Crippen molar-refractivity contribution in [3.8, 4) is 11.8 Å². The third-order valence-corrected chi connectivity index (χ3v) is 5.56. The standard InChI is InChI=1S/C25H19N7O4/c26-8-14-2-1-3-15(6-14)9-28-24(34)17-11-27-22-21(17)30-13-31-23(22)25(35)29-10-16-4-5-19-18(7-16)32-20(33)12-36-19/h1-7,11,13,27H,9-10,12H2,(H,28,34)(H,29,35)(H,32,33). The van der Waals surface area contributed by atoms with Gasteiger partial charge in [0.2, 0.25) is 0 Å². The molecular weight excluding hydrogens is 462 g/mol. The fourth-order valence-corrected chi connectivity index (χ4v) is 3.82. The zero-order valence-corrected chi connectivity index (χ0v) is 18.8. The van der Waals surface area contributed by atoms with Crippen LogP contribution in [0.25, 0.3) is 11.0 Å². The van der Waals surface area contributed by atoms with Crippen LogP contribution >= 0.6 is 0 Å². The minimum Gasteiger partial charge on any atom is -0.482 e. The molecule has 4 N–H and O–H groups in total. The van der Waals surface area contributed by atoms with Crippen LogP contribution in [0.3, 0.4) is 0 Å². The summed E-state index contributed by atoms with van der Waals surface area (Å²) >= 11 is 0. The van der Waals surface area contributed by atoms with Crippen molar-refractivity contribution >= 4 is 34.4 Å².